The van der Waals surface area contributed by atoms with Crippen LogP contribution in [0.5, 0.6) is 0 Å². The zero-order valence-corrected chi connectivity index (χ0v) is 5.92. The van der Waals surface area contributed by atoms with Crippen molar-refractivity contribution in [3.05, 3.63) is 0 Å². The third-order valence-corrected chi connectivity index (χ3v) is 1.32. The molecule has 0 amide bonds. The molecule has 0 radical (unpaired) electrons. The lowest BCUT2D eigenvalue weighted by Gasteiger charge is -2.04. The highest BCUT2D eigenvalue weighted by Crippen LogP contribution is 2.12. The smallest absolute Gasteiger partial charge is 0.288 e. The molecule has 50 valence electrons. The van der Waals surface area contributed by atoms with Crippen molar-refractivity contribution in [2.75, 3.05) is 0 Å². The molecular formula is C6H11N2O+. The number of nitrogens with zero attached hydrogens (tertiary/aromatic N) is 2. The molecule has 3 heteroatoms. The van der Waals surface area contributed by atoms with Crippen LogP contribution in [0.2, 0.25) is 0 Å². The summed E-state index contributed by atoms with van der Waals surface area (Å²) < 4.78 is 1.11. The Morgan fingerprint density at radius 2 is 2.22 bits per heavy atom. The highest BCUT2D eigenvalue weighted by atomic mass is 16.5. The SMILES string of the molecule is CC1=NC(C)(C)[N+](O)=C1. The third-order valence-electron chi connectivity index (χ3n) is 1.32. The first-order valence-corrected chi connectivity index (χ1v) is 2.92. The zero-order chi connectivity index (χ0) is 7.07. The maximum Gasteiger partial charge on any atom is 0.297 e. The second-order valence-corrected chi connectivity index (χ2v) is 2.72. The van der Waals surface area contributed by atoms with Crippen molar-refractivity contribution in [3.8, 4) is 0 Å². The molecule has 0 aromatic heterocycles. The van der Waals surface area contributed by atoms with Crippen molar-refractivity contribution in [3.63, 3.8) is 0 Å². The highest BCUT2D eigenvalue weighted by Gasteiger charge is 2.35. The van der Waals surface area contributed by atoms with Crippen LogP contribution in [-0.4, -0.2) is 27.5 Å². The molecule has 0 spiro atoms. The quantitative estimate of drug-likeness (QED) is 0.377. The van der Waals surface area contributed by atoms with Gasteiger partial charge in [-0.2, -0.15) is 0 Å². The van der Waals surface area contributed by atoms with Crippen LogP contribution >= 0.6 is 0 Å². The summed E-state index contributed by atoms with van der Waals surface area (Å²) >= 11 is 0. The Morgan fingerprint density at radius 1 is 1.67 bits per heavy atom. The molecule has 0 saturated carbocycles. The minimum Gasteiger partial charge on any atom is -0.288 e. The van der Waals surface area contributed by atoms with Gasteiger partial charge in [-0.05, 0) is 11.7 Å². The Labute approximate surface area is 54.3 Å². The van der Waals surface area contributed by atoms with E-state index in [-0.39, 0.29) is 0 Å². The van der Waals surface area contributed by atoms with Crippen LogP contribution in [0, 0.1) is 0 Å². The van der Waals surface area contributed by atoms with Gasteiger partial charge in [0.05, 0.1) is 0 Å². The molecule has 0 aromatic carbocycles. The first kappa shape index (κ1) is 6.26. The monoisotopic (exact) mass is 127 g/mol. The third kappa shape index (κ3) is 0.943. The van der Waals surface area contributed by atoms with Crippen LogP contribution in [0.3, 0.4) is 0 Å². The van der Waals surface area contributed by atoms with Crippen LogP contribution in [0.4, 0.5) is 0 Å². The molecule has 1 aliphatic heterocycles. The number of rotatable bonds is 0. The summed E-state index contributed by atoms with van der Waals surface area (Å²) in [6, 6.07) is 0. The standard InChI is InChI=1S/C6H11N2O/c1-5-4-8(9)6(2,3)7-5/h4,9H,1-3H3/q+1. The first-order chi connectivity index (χ1) is 4.02. The maximum absolute atomic E-state index is 9.09. The van der Waals surface area contributed by atoms with E-state index in [9.17, 15) is 0 Å². The van der Waals surface area contributed by atoms with Crippen LogP contribution in [0.15, 0.2) is 4.99 Å². The molecule has 3 nitrogen and oxygen atoms in total. The van der Waals surface area contributed by atoms with Gasteiger partial charge >= 0.3 is 0 Å². The van der Waals surface area contributed by atoms with Crippen molar-refractivity contribution in [1.82, 2.24) is 0 Å². The zero-order valence-electron chi connectivity index (χ0n) is 5.92. The normalized spacial score (nSPS) is 23.4. The van der Waals surface area contributed by atoms with Crippen molar-refractivity contribution in [2.45, 2.75) is 26.4 Å². The highest BCUT2D eigenvalue weighted by molar-refractivity contribution is 6.28. The van der Waals surface area contributed by atoms with E-state index in [4.69, 9.17) is 5.21 Å². The number of hydrogen-bond acceptors (Lipinski definition) is 2. The van der Waals surface area contributed by atoms with Crippen molar-refractivity contribution in [2.24, 2.45) is 4.99 Å². The molecule has 0 bridgehead atoms. The minimum absolute atomic E-state index is 0.454. The van der Waals surface area contributed by atoms with Gasteiger partial charge in [-0.25, -0.2) is 4.99 Å². The van der Waals surface area contributed by atoms with E-state index < -0.39 is 5.66 Å². The molecule has 1 rings (SSSR count). The van der Waals surface area contributed by atoms with Crippen LogP contribution in [-0.2, 0) is 0 Å². The van der Waals surface area contributed by atoms with E-state index in [1.807, 2.05) is 20.8 Å². The second-order valence-electron chi connectivity index (χ2n) is 2.72. The molecule has 0 aliphatic carbocycles. The van der Waals surface area contributed by atoms with E-state index in [0.29, 0.717) is 0 Å². The fraction of sp³-hybridized carbons (Fsp3) is 0.667. The lowest BCUT2D eigenvalue weighted by atomic mass is 10.3. The van der Waals surface area contributed by atoms with Gasteiger partial charge in [0.25, 0.3) is 5.66 Å². The lowest BCUT2D eigenvalue weighted by Crippen LogP contribution is -2.28. The Balaban J connectivity index is 2.96. The van der Waals surface area contributed by atoms with E-state index in [1.165, 1.54) is 0 Å². The van der Waals surface area contributed by atoms with Gasteiger partial charge in [0.1, 0.15) is 5.71 Å². The predicted octanol–water partition coefficient (Wildman–Crippen LogP) is 0.669. The fourth-order valence-corrected chi connectivity index (χ4v) is 0.847. The fourth-order valence-electron chi connectivity index (χ4n) is 0.847. The predicted molar refractivity (Wildman–Crippen MR) is 35.3 cm³/mol. The summed E-state index contributed by atoms with van der Waals surface area (Å²) in [5.74, 6) is 0. The molecular weight excluding hydrogens is 116 g/mol. The molecule has 0 fully saturated rings. The summed E-state index contributed by atoms with van der Waals surface area (Å²) in [5.41, 5.74) is 0.409. The Kier molecular flexibility index (Phi) is 1.08. The average Bonchev–Trinajstić information content (AvgIpc) is 1.79. The van der Waals surface area contributed by atoms with Gasteiger partial charge in [-0.3, -0.25) is 5.21 Å². The molecule has 0 aromatic rings. The van der Waals surface area contributed by atoms with Crippen molar-refractivity contribution in [1.29, 1.82) is 0 Å². The summed E-state index contributed by atoms with van der Waals surface area (Å²) in [7, 11) is 0. The molecule has 9 heavy (non-hydrogen) atoms. The van der Waals surface area contributed by atoms with E-state index in [0.717, 1.165) is 10.5 Å². The average molecular weight is 127 g/mol. The molecule has 0 saturated heterocycles. The summed E-state index contributed by atoms with van der Waals surface area (Å²) in [6.07, 6.45) is 1.61. The summed E-state index contributed by atoms with van der Waals surface area (Å²) in [6.45, 7) is 5.55. The second kappa shape index (κ2) is 1.56. The Hall–Kier alpha value is -0.860. The topological polar surface area (TPSA) is 35.6 Å². The van der Waals surface area contributed by atoms with E-state index >= 15 is 0 Å². The molecule has 0 atom stereocenters. The number of hydroxylamine groups is 1. The maximum atomic E-state index is 9.09. The molecule has 0 unspecified atom stereocenters. The minimum atomic E-state index is -0.454. The molecule has 1 N–H and O–H groups in total. The van der Waals surface area contributed by atoms with Crippen LogP contribution < -0.4 is 0 Å². The Morgan fingerprint density at radius 3 is 2.33 bits per heavy atom. The summed E-state index contributed by atoms with van der Waals surface area (Å²) in [5, 5.41) is 9.09. The van der Waals surface area contributed by atoms with Gasteiger partial charge in [0.15, 0.2) is 0 Å². The molecule has 1 aliphatic rings. The van der Waals surface area contributed by atoms with Crippen molar-refractivity contribution >= 4 is 11.9 Å². The van der Waals surface area contributed by atoms with Gasteiger partial charge in [-0.1, -0.05) is 0 Å². The van der Waals surface area contributed by atoms with E-state index in [2.05, 4.69) is 4.99 Å². The van der Waals surface area contributed by atoms with Gasteiger partial charge < -0.3 is 0 Å². The molecule has 1 heterocycles. The number of aliphatic imine (C=N–C) groups is 1. The summed E-state index contributed by atoms with van der Waals surface area (Å²) in [4.78, 5) is 4.14. The van der Waals surface area contributed by atoms with Crippen molar-refractivity contribution < 1.29 is 9.95 Å². The van der Waals surface area contributed by atoms with Gasteiger partial charge in [0, 0.05) is 13.8 Å². The largest absolute Gasteiger partial charge is 0.297 e. The van der Waals surface area contributed by atoms with Gasteiger partial charge in [-0.15, -0.1) is 0 Å². The van der Waals surface area contributed by atoms with Crippen LogP contribution in [0.25, 0.3) is 0 Å². The van der Waals surface area contributed by atoms with E-state index in [1.54, 1.807) is 6.21 Å². The first-order valence-electron chi connectivity index (χ1n) is 2.92. The van der Waals surface area contributed by atoms with Gasteiger partial charge in [0.2, 0.25) is 6.21 Å². The number of hydrogen-bond donors (Lipinski definition) is 1. The van der Waals surface area contributed by atoms with Crippen LogP contribution in [0.1, 0.15) is 20.8 Å². The lowest BCUT2D eigenvalue weighted by molar-refractivity contribution is -0.815. The Bertz CT molecular complexity index is 191.